The quantitative estimate of drug-likeness (QED) is 0.0129. The molecule has 7 rings (SSSR count). The second-order valence-corrected chi connectivity index (χ2v) is 57.9. The number of amides is 2. The second kappa shape index (κ2) is 34.6. The van der Waals surface area contributed by atoms with Crippen molar-refractivity contribution in [2.45, 2.75) is 138 Å². The first-order chi connectivity index (χ1) is 42.6. The molecule has 0 unspecified atom stereocenters. The van der Waals surface area contributed by atoms with Crippen molar-refractivity contribution in [3.05, 3.63) is 76.9 Å². The Balaban J connectivity index is 0.000000374. The fourth-order valence-corrected chi connectivity index (χ4v) is 9.06. The van der Waals surface area contributed by atoms with Gasteiger partial charge in [-0.25, -0.2) is 38.9 Å². The number of rotatable bonds is 12. The van der Waals surface area contributed by atoms with Gasteiger partial charge in [0.1, 0.15) is 69.2 Å². The molecule has 0 N–H and O–H groups in total. The number of thioether (sulfide) groups is 1. The van der Waals surface area contributed by atoms with Crippen LogP contribution in [0.4, 0.5) is 40.7 Å². The number of carbonyl (C=O) groups is 6. The van der Waals surface area contributed by atoms with Crippen molar-refractivity contribution < 1.29 is 117 Å². The summed E-state index contributed by atoms with van der Waals surface area (Å²) in [5, 5.41) is 1.16. The molecule has 5 heterocycles. The zero-order valence-electron chi connectivity index (χ0n) is 52.6. The number of ether oxygens (including phenoxy) is 9. The van der Waals surface area contributed by atoms with E-state index in [1.165, 1.54) is 68.3 Å². The number of nitrogens with zero attached hydrogens (tertiary/aromatic N) is 6. The number of hydrogen-bond acceptors (Lipinski definition) is 23. The topological polar surface area (TPSA) is 275 Å². The molecule has 0 radical (unpaired) electrons. The number of oxazole rings is 1. The summed E-state index contributed by atoms with van der Waals surface area (Å²) in [6, 6.07) is 8.33. The van der Waals surface area contributed by atoms with Gasteiger partial charge in [-0.1, -0.05) is 7.43 Å². The normalized spacial score (nSPS) is 16.1. The van der Waals surface area contributed by atoms with Crippen LogP contribution in [0.5, 0.6) is 11.5 Å². The minimum absolute atomic E-state index is 0. The first-order valence-corrected chi connectivity index (χ1v) is 41.9. The van der Waals surface area contributed by atoms with E-state index in [-0.39, 0.29) is 96.1 Å². The summed E-state index contributed by atoms with van der Waals surface area (Å²) >= 11 is 8.66. The van der Waals surface area contributed by atoms with Gasteiger partial charge >= 0.3 is 113 Å². The van der Waals surface area contributed by atoms with Gasteiger partial charge in [0.15, 0.2) is 17.5 Å². The molecule has 5 aromatic rings. The number of alkyl halides is 6. The minimum atomic E-state index is -4.69. The van der Waals surface area contributed by atoms with Crippen LogP contribution in [0, 0.1) is 0 Å². The molecule has 24 nitrogen and oxygen atoms in total. The molecular weight excluding hydrogens is 1650 g/mol. The van der Waals surface area contributed by atoms with Crippen LogP contribution in [0.25, 0.3) is 33.3 Å². The van der Waals surface area contributed by atoms with E-state index in [1.807, 2.05) is 0 Å². The molecule has 3 aromatic heterocycles. The molecule has 0 aliphatic carbocycles. The average molecular weight is 1720 g/mol. The number of halogens is 9. The fourth-order valence-electron chi connectivity index (χ4n) is 8.47. The number of aliphatic imine (C=N–C) groups is 1. The number of fused-ring (bicyclic) bond motifs is 2. The molecule has 2 aromatic carbocycles. The van der Waals surface area contributed by atoms with Gasteiger partial charge in [0, 0.05) is 21.9 Å². The molecule has 2 amide bonds. The van der Waals surface area contributed by atoms with Gasteiger partial charge < -0.3 is 47.0 Å². The van der Waals surface area contributed by atoms with Gasteiger partial charge in [-0.3, -0.25) is 24.5 Å². The number of carbonyl (C=O) groups excluding carboxylic acids is 6. The van der Waals surface area contributed by atoms with Crippen molar-refractivity contribution in [2.24, 2.45) is 4.99 Å². The predicted molar refractivity (Wildman–Crippen MR) is 351 cm³/mol. The molecule has 2 atom stereocenters. The monoisotopic (exact) mass is 1720 g/mol. The molecule has 2 saturated heterocycles. The summed E-state index contributed by atoms with van der Waals surface area (Å²) in [6.45, 7) is 19.8. The van der Waals surface area contributed by atoms with E-state index < -0.39 is 94.7 Å². The Kier molecular flexibility index (Phi) is 30.5. The molecule has 2 aliphatic rings. The molecule has 93 heavy (non-hydrogen) atoms. The van der Waals surface area contributed by atoms with Crippen LogP contribution in [0.15, 0.2) is 57.9 Å². The number of methoxy groups -OCH3 is 3. The average Bonchev–Trinajstić information content (AvgIpc) is 1.69. The van der Waals surface area contributed by atoms with E-state index >= 15 is 0 Å². The number of benzene rings is 2. The number of hydrogen-bond donors (Lipinski definition) is 0. The fraction of sp³-hybridized carbons (Fsp3) is 0.517. The van der Waals surface area contributed by atoms with E-state index in [0.717, 1.165) is 17.0 Å². The second-order valence-electron chi connectivity index (χ2n) is 21.8. The Morgan fingerprint density at radius 1 is 0.710 bits per heavy atom. The zero-order chi connectivity index (χ0) is 69.6. The maximum absolute atomic E-state index is 13.4. The Hall–Kier alpha value is -5.26. The Labute approximate surface area is 574 Å². The standard InChI is InChI=1S/C27H30F3N3O8.C17H17F3N2O3S.C13H21NO7.CH4.3HI.V/c1-8-38-41-23(34)20-21(16-13-37-26(5,6)33(16)24(35)40-25(2,3)4)39-22(32-20)15-9-11-17(36-7)19-14(15)10-12-18(31-19)27(28,29)30;1-4-25-14(23)9-21-16(26-3)11-5-7-12(24-2)15-10(11)6-8-13(22-15)17(18,19)20;1-12(2,3)21-11(17)20-9(15)8-7-19-13(4,5)14(8)10(16)18-6;;;;;/h9-12,16H,8,13H2,1-7H3;5-8H,4,9H2,1-3H3;8H,7H2,1-6H3;1H4;3*1H;/q;;;;;;;+3/p-3/t16-;;8-;;;;;/m1.0...../s1. The Morgan fingerprint density at radius 2 is 1.23 bits per heavy atom. The zero-order valence-corrected chi connectivity index (χ0v) is 61.3. The van der Waals surface area contributed by atoms with Crippen LogP contribution >= 0.6 is 71.7 Å². The molecule has 0 saturated carbocycles. The van der Waals surface area contributed by atoms with Crippen molar-refractivity contribution in [2.75, 3.05) is 60.6 Å². The Bertz CT molecular complexity index is 3470. The number of pyridine rings is 2. The maximum atomic E-state index is 13.4. The molecular formula is C58H72F6I3N6O18SV. The van der Waals surface area contributed by atoms with E-state index in [9.17, 15) is 55.1 Å². The van der Waals surface area contributed by atoms with Crippen LogP contribution in [-0.2, 0) is 69.8 Å². The van der Waals surface area contributed by atoms with Crippen LogP contribution < -0.4 is 9.47 Å². The van der Waals surface area contributed by atoms with Crippen LogP contribution in [0.1, 0.15) is 130 Å². The molecule has 0 bridgehead atoms. The summed E-state index contributed by atoms with van der Waals surface area (Å²) in [5.74, 6) is -2.35. The van der Waals surface area contributed by atoms with Crippen molar-refractivity contribution >= 4 is 135 Å². The first kappa shape index (κ1) is 82.0. The van der Waals surface area contributed by atoms with E-state index in [2.05, 4.69) is 89.4 Å². The summed E-state index contributed by atoms with van der Waals surface area (Å²) in [6.07, 6.45) is -10.1. The number of esters is 2. The van der Waals surface area contributed by atoms with Gasteiger partial charge in [-0.15, -0.1) is 11.8 Å². The van der Waals surface area contributed by atoms with Crippen LogP contribution in [-0.4, -0.2) is 155 Å². The molecule has 35 heteroatoms. The summed E-state index contributed by atoms with van der Waals surface area (Å²) in [7, 11) is 3.85. The molecule has 0 spiro atoms. The van der Waals surface area contributed by atoms with Crippen molar-refractivity contribution in [3.8, 4) is 23.0 Å². The van der Waals surface area contributed by atoms with Crippen LogP contribution in [0.3, 0.4) is 0 Å². The van der Waals surface area contributed by atoms with E-state index in [1.54, 1.807) is 95.4 Å². The number of aromatic nitrogens is 3. The third-order valence-electron chi connectivity index (χ3n) is 12.2. The van der Waals surface area contributed by atoms with Crippen LogP contribution in [0.2, 0.25) is 0 Å². The van der Waals surface area contributed by atoms with Gasteiger partial charge in [0.05, 0.1) is 52.8 Å². The van der Waals surface area contributed by atoms with Crippen molar-refractivity contribution in [1.29, 1.82) is 0 Å². The van der Waals surface area contributed by atoms with Crippen molar-refractivity contribution in [1.82, 2.24) is 24.8 Å². The molecule has 2 aliphatic heterocycles. The van der Waals surface area contributed by atoms with Crippen molar-refractivity contribution in [3.63, 3.8) is 0 Å². The van der Waals surface area contributed by atoms with E-state index in [4.69, 9.17) is 47.4 Å². The van der Waals surface area contributed by atoms with Gasteiger partial charge in [0.2, 0.25) is 5.89 Å². The third-order valence-corrected chi connectivity index (χ3v) is 12.9. The first-order valence-electron chi connectivity index (χ1n) is 27.2. The third kappa shape index (κ3) is 23.0. The van der Waals surface area contributed by atoms with Gasteiger partial charge in [-0.2, -0.15) is 31.2 Å². The van der Waals surface area contributed by atoms with Gasteiger partial charge in [0.25, 0.3) is 0 Å². The molecule has 2 fully saturated rings. The Morgan fingerprint density at radius 3 is 1.72 bits per heavy atom. The van der Waals surface area contributed by atoms with Gasteiger partial charge in [-0.05, 0) is 138 Å². The summed E-state index contributed by atoms with van der Waals surface area (Å²) < 4.78 is 131. The SMILES string of the molecule is C.CCOC(=O)CN=C(SC)c1ccc(OC)c2nc(C(F)(F)F)ccc12.CCOOC(=O)c1nc(-c2ccc(OC)c3nc(C(F)(F)F)ccc23)oc1[C@H]1COC(C)(C)N1C(=O)OC(C)(C)C.COC(=O)N1[C@H](C(=O)OC(=O)OC(C)(C)C)COC1(C)C.[I][V]([I])[I]. The van der Waals surface area contributed by atoms with E-state index in [0.29, 0.717) is 16.0 Å². The molecule has 516 valence electrons. The predicted octanol–water partition coefficient (Wildman–Crippen LogP) is 15.0. The summed E-state index contributed by atoms with van der Waals surface area (Å²) in [5.41, 5.74) is -5.51. The summed E-state index contributed by atoms with van der Waals surface area (Å²) in [4.78, 5) is 101.